The monoisotopic (exact) mass is 439 g/mol. The number of anilines is 1. The van der Waals surface area contributed by atoms with Crippen LogP contribution in [0.3, 0.4) is 0 Å². The molecular weight excluding hydrogens is 414 g/mol. The lowest BCUT2D eigenvalue weighted by Crippen LogP contribution is -2.52. The summed E-state index contributed by atoms with van der Waals surface area (Å²) in [4.78, 5) is 42.5. The zero-order valence-electron chi connectivity index (χ0n) is 18.4. The molecule has 4 rings (SSSR count). The van der Waals surface area contributed by atoms with Gasteiger partial charge in [0.1, 0.15) is 16.7 Å². The number of nitrogens with zero attached hydrogens (tertiary/aromatic N) is 2. The van der Waals surface area contributed by atoms with Gasteiger partial charge in [-0.25, -0.2) is 4.79 Å². The SMILES string of the molecule is CCN1C(=O)C2(C(C(=O)OC)=C(N)Oc3cc(C)n(CCOC)c(=O)c32)c2ccccc21. The molecule has 9 nitrogen and oxygen atoms in total. The molecule has 32 heavy (non-hydrogen) atoms. The maximum atomic E-state index is 14.1. The van der Waals surface area contributed by atoms with Gasteiger partial charge in [-0.3, -0.25) is 9.59 Å². The van der Waals surface area contributed by atoms with Gasteiger partial charge in [0.25, 0.3) is 5.56 Å². The van der Waals surface area contributed by atoms with E-state index in [1.165, 1.54) is 18.8 Å². The third kappa shape index (κ3) is 2.70. The van der Waals surface area contributed by atoms with Crippen LogP contribution in [-0.2, 0) is 31.0 Å². The Morgan fingerprint density at radius 3 is 2.59 bits per heavy atom. The second-order valence-corrected chi connectivity index (χ2v) is 7.62. The van der Waals surface area contributed by atoms with Gasteiger partial charge in [0.05, 0.1) is 19.3 Å². The molecule has 1 unspecified atom stereocenters. The number of esters is 1. The fraction of sp³-hybridized carbons (Fsp3) is 0.348. The van der Waals surface area contributed by atoms with Gasteiger partial charge < -0.3 is 29.4 Å². The highest BCUT2D eigenvalue weighted by Gasteiger charge is 2.62. The molecule has 0 radical (unpaired) electrons. The van der Waals surface area contributed by atoms with Crippen molar-refractivity contribution in [3.63, 3.8) is 0 Å². The molecule has 0 bridgehead atoms. The molecule has 1 amide bonds. The van der Waals surface area contributed by atoms with Crippen LogP contribution in [0.4, 0.5) is 5.69 Å². The van der Waals surface area contributed by atoms with Gasteiger partial charge in [0.2, 0.25) is 11.8 Å². The van der Waals surface area contributed by atoms with Gasteiger partial charge in [-0.2, -0.15) is 0 Å². The molecule has 1 spiro atoms. The number of pyridine rings is 1. The van der Waals surface area contributed by atoms with Gasteiger partial charge in [0.15, 0.2) is 0 Å². The number of para-hydroxylation sites is 1. The lowest BCUT2D eigenvalue weighted by atomic mass is 9.68. The van der Waals surface area contributed by atoms with Gasteiger partial charge in [-0.05, 0) is 19.9 Å². The van der Waals surface area contributed by atoms with Crippen LogP contribution >= 0.6 is 0 Å². The van der Waals surface area contributed by atoms with Gasteiger partial charge >= 0.3 is 5.97 Å². The third-order valence-corrected chi connectivity index (χ3v) is 6.08. The average molecular weight is 439 g/mol. The Labute approximate surface area is 185 Å². The highest BCUT2D eigenvalue weighted by atomic mass is 16.5. The maximum Gasteiger partial charge on any atom is 0.340 e. The topological polar surface area (TPSA) is 113 Å². The van der Waals surface area contributed by atoms with Gasteiger partial charge in [-0.1, -0.05) is 18.2 Å². The highest BCUT2D eigenvalue weighted by Crippen LogP contribution is 2.54. The number of carbonyl (C=O) groups excluding carboxylic acids is 2. The van der Waals surface area contributed by atoms with E-state index in [2.05, 4.69) is 0 Å². The fourth-order valence-corrected chi connectivity index (χ4v) is 4.71. The summed E-state index contributed by atoms with van der Waals surface area (Å²) in [7, 11) is 2.73. The Hall–Kier alpha value is -3.59. The van der Waals surface area contributed by atoms with Crippen LogP contribution in [0, 0.1) is 6.92 Å². The lowest BCUT2D eigenvalue weighted by Gasteiger charge is -2.35. The summed E-state index contributed by atoms with van der Waals surface area (Å²) < 4.78 is 17.4. The van der Waals surface area contributed by atoms with Crippen molar-refractivity contribution in [2.75, 3.05) is 32.3 Å². The molecule has 2 aliphatic rings. The molecule has 1 atom stereocenters. The van der Waals surface area contributed by atoms with Crippen molar-refractivity contribution in [2.45, 2.75) is 25.8 Å². The summed E-state index contributed by atoms with van der Waals surface area (Å²) in [6, 6.07) is 8.71. The first-order valence-corrected chi connectivity index (χ1v) is 10.3. The molecule has 2 aliphatic heterocycles. The van der Waals surface area contributed by atoms with E-state index < -0.39 is 22.9 Å². The van der Waals surface area contributed by atoms with Gasteiger partial charge in [-0.15, -0.1) is 0 Å². The van der Waals surface area contributed by atoms with Crippen molar-refractivity contribution in [3.05, 3.63) is 69.0 Å². The zero-order chi connectivity index (χ0) is 23.2. The summed E-state index contributed by atoms with van der Waals surface area (Å²) in [5, 5.41) is 0. The Kier molecular flexibility index (Phi) is 5.29. The summed E-state index contributed by atoms with van der Waals surface area (Å²) >= 11 is 0. The highest BCUT2D eigenvalue weighted by molar-refractivity contribution is 6.18. The van der Waals surface area contributed by atoms with Crippen molar-refractivity contribution in [3.8, 4) is 5.75 Å². The van der Waals surface area contributed by atoms with E-state index in [-0.39, 0.29) is 29.3 Å². The first-order valence-electron chi connectivity index (χ1n) is 10.3. The Morgan fingerprint density at radius 1 is 1.22 bits per heavy atom. The first kappa shape index (κ1) is 21.6. The molecule has 0 saturated carbocycles. The fourth-order valence-electron chi connectivity index (χ4n) is 4.71. The Balaban J connectivity index is 2.17. The molecule has 2 aromatic rings. The number of rotatable bonds is 5. The summed E-state index contributed by atoms with van der Waals surface area (Å²) in [5.74, 6) is -1.41. The number of carbonyl (C=O) groups is 2. The number of hydrogen-bond acceptors (Lipinski definition) is 7. The van der Waals surface area contributed by atoms with Crippen LogP contribution in [-0.4, -0.2) is 43.8 Å². The Bertz CT molecular complexity index is 1210. The van der Waals surface area contributed by atoms with Crippen LogP contribution in [0.5, 0.6) is 5.75 Å². The molecule has 1 aromatic carbocycles. The molecule has 0 saturated heterocycles. The van der Waals surface area contributed by atoms with E-state index in [0.29, 0.717) is 30.1 Å². The smallest absolute Gasteiger partial charge is 0.340 e. The number of ether oxygens (including phenoxy) is 3. The minimum Gasteiger partial charge on any atom is -0.465 e. The molecule has 1 aromatic heterocycles. The van der Waals surface area contributed by atoms with Crippen molar-refractivity contribution < 1.29 is 23.8 Å². The number of benzene rings is 1. The van der Waals surface area contributed by atoms with E-state index in [1.807, 2.05) is 6.92 Å². The molecule has 3 heterocycles. The van der Waals surface area contributed by atoms with E-state index in [9.17, 15) is 14.4 Å². The second kappa shape index (κ2) is 7.83. The van der Waals surface area contributed by atoms with Crippen LogP contribution in [0.1, 0.15) is 23.7 Å². The number of aromatic nitrogens is 1. The summed E-state index contributed by atoms with van der Waals surface area (Å²) in [6.45, 7) is 4.48. The lowest BCUT2D eigenvalue weighted by molar-refractivity contribution is -0.138. The van der Waals surface area contributed by atoms with Crippen LogP contribution in [0.25, 0.3) is 0 Å². The summed E-state index contributed by atoms with van der Waals surface area (Å²) in [5.41, 5.74) is 5.52. The van der Waals surface area contributed by atoms with Crippen LogP contribution < -0.4 is 20.9 Å². The number of hydrogen-bond donors (Lipinski definition) is 1. The molecule has 2 N–H and O–H groups in total. The predicted molar refractivity (Wildman–Crippen MR) is 116 cm³/mol. The summed E-state index contributed by atoms with van der Waals surface area (Å²) in [6.07, 6.45) is 0. The van der Waals surface area contributed by atoms with E-state index in [1.54, 1.807) is 42.2 Å². The standard InChI is InChI=1S/C23H25N3O6/c1-5-25-15-9-7-6-8-14(15)23(22(25)29)17-16(32-19(24)18(23)21(28)31-4)12-13(2)26(20(17)27)10-11-30-3/h6-9,12H,5,10-11,24H2,1-4H3. The predicted octanol–water partition coefficient (Wildman–Crippen LogP) is 1.19. The van der Waals surface area contributed by atoms with E-state index in [4.69, 9.17) is 19.9 Å². The second-order valence-electron chi connectivity index (χ2n) is 7.62. The molecule has 168 valence electrons. The number of likely N-dealkylation sites (N-methyl/N-ethyl adjacent to an activating group) is 1. The average Bonchev–Trinajstić information content (AvgIpc) is 3.01. The number of fused-ring (bicyclic) bond motifs is 4. The van der Waals surface area contributed by atoms with Crippen molar-refractivity contribution in [1.82, 2.24) is 4.57 Å². The van der Waals surface area contributed by atoms with Crippen molar-refractivity contribution >= 4 is 17.6 Å². The molecule has 0 aliphatic carbocycles. The van der Waals surface area contributed by atoms with E-state index in [0.717, 1.165) is 0 Å². The quantitative estimate of drug-likeness (QED) is 0.697. The van der Waals surface area contributed by atoms with Crippen molar-refractivity contribution in [1.29, 1.82) is 0 Å². The largest absolute Gasteiger partial charge is 0.465 e. The van der Waals surface area contributed by atoms with Gasteiger partial charge in [0, 0.05) is 43.2 Å². The minimum absolute atomic E-state index is 0.0437. The molecule has 0 fully saturated rings. The van der Waals surface area contributed by atoms with Crippen LogP contribution in [0.2, 0.25) is 0 Å². The van der Waals surface area contributed by atoms with E-state index >= 15 is 0 Å². The minimum atomic E-state index is -1.78. The molecule has 9 heteroatoms. The normalized spacial score (nSPS) is 19.1. The maximum absolute atomic E-state index is 14.1. The first-order chi connectivity index (χ1) is 15.3. The number of methoxy groups -OCH3 is 2. The number of nitrogens with two attached hydrogens (primary N) is 1. The Morgan fingerprint density at radius 2 is 1.94 bits per heavy atom. The zero-order valence-corrected chi connectivity index (χ0v) is 18.4. The number of aryl methyl sites for hydroxylation is 1. The number of amides is 1. The third-order valence-electron chi connectivity index (χ3n) is 6.08. The van der Waals surface area contributed by atoms with Crippen LogP contribution in [0.15, 0.2) is 46.6 Å². The molecular formula is C23H25N3O6. The van der Waals surface area contributed by atoms with Crippen molar-refractivity contribution in [2.24, 2.45) is 5.73 Å².